The third kappa shape index (κ3) is 9.62. The second-order valence-corrected chi connectivity index (χ2v) is 21.7. The Balaban J connectivity index is 0.000000192. The van der Waals surface area contributed by atoms with E-state index in [0.717, 1.165) is 35.0 Å². The summed E-state index contributed by atoms with van der Waals surface area (Å²) in [5, 5.41) is 14.0. The fourth-order valence-electron chi connectivity index (χ4n) is 8.34. The Morgan fingerprint density at radius 3 is 1.40 bits per heavy atom. The number of benzene rings is 2. The molecule has 0 bridgehead atoms. The molecule has 2 aromatic heterocycles. The van der Waals surface area contributed by atoms with E-state index in [1.165, 1.54) is 12.7 Å². The third-order valence-corrected chi connectivity index (χ3v) is 13.1. The number of halogens is 4. The van der Waals surface area contributed by atoms with Crippen molar-refractivity contribution in [2.24, 2.45) is 16.6 Å². The lowest BCUT2D eigenvalue weighted by molar-refractivity contribution is 0.0931. The first-order valence-electron chi connectivity index (χ1n) is 22.2. The Labute approximate surface area is 413 Å². The standard InChI is InChI=1S/C25H27ClFN3O4.C15H12ClFN2O4.C11H19NO/c1-10-8-14(34-11(10)2)22(24(3,4)5)29-19-18(20(31)21(19)32)28-17-13(27)9-12(26)16-15(17)23(33)30-25(16,6)7;1-15(2)8-5(16)4-6(17)9(7(8)14(22)19-15)18-10-11(20)12(21)13(10)23-3;1-7-6-9(13-8(7)2)10(12)11(3,4)5/h8-9,22,28-29H,1-7H3,(H,30,33);4,18H,1-3H3,(H,19,22);6,10H,12H2,1-5H3/t22-;;10-/m0.0/s1. The zero-order chi connectivity index (χ0) is 52.7. The minimum atomic E-state index is -0.831. The van der Waals surface area contributed by atoms with Crippen molar-refractivity contribution in [1.29, 1.82) is 0 Å². The van der Waals surface area contributed by atoms with Gasteiger partial charge in [-0.05, 0) is 102 Å². The summed E-state index contributed by atoms with van der Waals surface area (Å²) >= 11 is 12.3. The zero-order valence-electron chi connectivity index (χ0n) is 41.7. The number of hydrogen-bond acceptors (Lipinski definition) is 13. The highest BCUT2D eigenvalue weighted by Gasteiger charge is 2.43. The van der Waals surface area contributed by atoms with Gasteiger partial charge in [0, 0.05) is 21.2 Å². The number of carbonyl (C=O) groups excluding carboxylic acids is 2. The van der Waals surface area contributed by atoms with Crippen LogP contribution in [0.1, 0.15) is 147 Å². The molecule has 7 N–H and O–H groups in total. The average molecular weight is 1010 g/mol. The first kappa shape index (κ1) is 53.1. The summed E-state index contributed by atoms with van der Waals surface area (Å²) < 4.78 is 45.6. The van der Waals surface area contributed by atoms with Crippen LogP contribution in [0.3, 0.4) is 0 Å². The van der Waals surface area contributed by atoms with Crippen molar-refractivity contribution in [3.63, 3.8) is 0 Å². The van der Waals surface area contributed by atoms with Gasteiger partial charge in [0.15, 0.2) is 5.75 Å². The molecule has 19 heteroatoms. The van der Waals surface area contributed by atoms with Gasteiger partial charge >= 0.3 is 0 Å². The van der Waals surface area contributed by atoms with Crippen LogP contribution < -0.4 is 58.8 Å². The number of hydrogen-bond donors (Lipinski definition) is 6. The zero-order valence-corrected chi connectivity index (χ0v) is 43.2. The molecule has 374 valence electrons. The van der Waals surface area contributed by atoms with E-state index in [1.807, 2.05) is 60.6 Å². The summed E-state index contributed by atoms with van der Waals surface area (Å²) in [7, 11) is 1.22. The summed E-state index contributed by atoms with van der Waals surface area (Å²) in [6.07, 6.45) is 0. The first-order valence-corrected chi connectivity index (χ1v) is 23.0. The lowest BCUT2D eigenvalue weighted by Gasteiger charge is -2.31. The first-order chi connectivity index (χ1) is 32.1. The summed E-state index contributed by atoms with van der Waals surface area (Å²) in [6.45, 7) is 27.0. The second-order valence-electron chi connectivity index (χ2n) is 20.9. The number of aryl methyl sites for hydroxylation is 4. The Bertz CT molecular complexity index is 3210. The van der Waals surface area contributed by atoms with Gasteiger partial charge in [0.05, 0.1) is 52.8 Å². The number of ether oxygens (including phenoxy) is 1. The molecule has 2 aliphatic heterocycles. The van der Waals surface area contributed by atoms with Gasteiger partial charge in [0.25, 0.3) is 33.5 Å². The number of anilines is 5. The number of rotatable bonds is 9. The SMILES string of the molecule is COc1c(Nc2c(F)cc(Cl)c3c2C(=O)NC3(C)C)c(=O)c1=O.Cc1cc([C@H](N)C(C)(C)C)oc1C.Cc1cc([C@H](Nc2c(Nc3c(F)cc(Cl)c4c3C(=O)NC4(C)C)c(=O)c2=O)C(C)(C)C)oc1C. The van der Waals surface area contributed by atoms with Gasteiger partial charge in [-0.2, -0.15) is 0 Å². The van der Waals surface area contributed by atoms with Gasteiger partial charge in [0.1, 0.15) is 51.7 Å². The maximum Gasteiger partial charge on any atom is 0.272 e. The molecular formula is C51H58Cl2F2N6O9. The van der Waals surface area contributed by atoms with E-state index in [0.29, 0.717) is 16.9 Å². The number of fused-ring (bicyclic) bond motifs is 2. The highest BCUT2D eigenvalue weighted by atomic mass is 35.5. The molecule has 0 aliphatic carbocycles. The van der Waals surface area contributed by atoms with Gasteiger partial charge in [-0.1, -0.05) is 64.7 Å². The van der Waals surface area contributed by atoms with Gasteiger partial charge in [-0.15, -0.1) is 0 Å². The third-order valence-electron chi connectivity index (χ3n) is 12.5. The summed E-state index contributed by atoms with van der Waals surface area (Å²) in [6, 6.07) is 5.59. The topological polar surface area (TPSA) is 224 Å². The monoisotopic (exact) mass is 1010 g/mol. The minimum Gasteiger partial charge on any atom is -0.491 e. The number of nitrogens with two attached hydrogens (primary N) is 1. The maximum absolute atomic E-state index is 15.0. The van der Waals surface area contributed by atoms with Crippen LogP contribution in [-0.2, 0) is 11.1 Å². The van der Waals surface area contributed by atoms with E-state index in [4.69, 9.17) is 42.5 Å². The molecule has 0 saturated heterocycles. The highest BCUT2D eigenvalue weighted by Crippen LogP contribution is 2.45. The maximum atomic E-state index is 15.0. The Morgan fingerprint density at radius 2 is 1.01 bits per heavy atom. The van der Waals surface area contributed by atoms with Crippen molar-refractivity contribution < 1.29 is 31.9 Å². The van der Waals surface area contributed by atoms with Crippen LogP contribution in [0.25, 0.3) is 0 Å². The van der Waals surface area contributed by atoms with Crippen molar-refractivity contribution in [3.8, 4) is 5.75 Å². The number of nitrogens with one attached hydrogen (secondary N) is 5. The van der Waals surface area contributed by atoms with Crippen molar-refractivity contribution >= 4 is 63.5 Å². The second kappa shape index (κ2) is 18.5. The summed E-state index contributed by atoms with van der Waals surface area (Å²) in [4.78, 5) is 72.9. The van der Waals surface area contributed by atoms with E-state index in [2.05, 4.69) is 47.4 Å². The normalized spacial score (nSPS) is 15.5. The quantitative estimate of drug-likeness (QED) is 0.0743. The lowest BCUT2D eigenvalue weighted by Crippen LogP contribution is -2.39. The fourth-order valence-corrected chi connectivity index (χ4v) is 9.19. The minimum absolute atomic E-state index is 0.00935. The predicted molar refractivity (Wildman–Crippen MR) is 268 cm³/mol. The number of methoxy groups -OCH3 is 1. The van der Waals surface area contributed by atoms with Crippen LogP contribution in [0.4, 0.5) is 37.2 Å². The molecule has 4 heterocycles. The molecule has 2 aliphatic rings. The Morgan fingerprint density at radius 1 is 0.614 bits per heavy atom. The smallest absolute Gasteiger partial charge is 0.272 e. The molecule has 0 spiro atoms. The lowest BCUT2D eigenvalue weighted by atomic mass is 9.84. The number of furan rings is 2. The largest absolute Gasteiger partial charge is 0.491 e. The summed E-state index contributed by atoms with van der Waals surface area (Å²) in [5.41, 5.74) is 3.25. The predicted octanol–water partition coefficient (Wildman–Crippen LogP) is 9.95. The molecule has 0 saturated carbocycles. The van der Waals surface area contributed by atoms with Gasteiger partial charge in [-0.3, -0.25) is 28.8 Å². The van der Waals surface area contributed by atoms with Crippen molar-refractivity contribution in [2.45, 2.75) is 120 Å². The van der Waals surface area contributed by atoms with Crippen LogP contribution in [0.2, 0.25) is 10.0 Å². The average Bonchev–Trinajstić information content (AvgIpc) is 3.92. The molecular weight excluding hydrogens is 949 g/mol. The van der Waals surface area contributed by atoms with Crippen LogP contribution in [0.15, 0.2) is 52.3 Å². The van der Waals surface area contributed by atoms with Gasteiger partial charge in [0.2, 0.25) is 0 Å². The van der Waals surface area contributed by atoms with Crippen molar-refractivity contribution in [2.75, 3.05) is 23.1 Å². The molecule has 6 aromatic rings. The molecule has 0 fully saturated rings. The molecule has 15 nitrogen and oxygen atoms in total. The molecule has 2 amide bonds. The Kier molecular flexibility index (Phi) is 14.0. The van der Waals surface area contributed by atoms with Gasteiger partial charge in [-0.25, -0.2) is 8.78 Å². The molecule has 2 atom stereocenters. The molecule has 8 rings (SSSR count). The van der Waals surface area contributed by atoms with E-state index < -0.39 is 67.7 Å². The van der Waals surface area contributed by atoms with E-state index >= 15 is 0 Å². The van der Waals surface area contributed by atoms with Crippen LogP contribution >= 0.6 is 23.2 Å². The van der Waals surface area contributed by atoms with E-state index in [1.54, 1.807) is 27.7 Å². The van der Waals surface area contributed by atoms with Crippen molar-refractivity contribution in [1.82, 2.24) is 10.6 Å². The molecule has 70 heavy (non-hydrogen) atoms. The Hall–Kier alpha value is -6.30. The van der Waals surface area contributed by atoms with E-state index in [-0.39, 0.29) is 66.8 Å². The number of amides is 2. The molecule has 4 aromatic carbocycles. The van der Waals surface area contributed by atoms with Gasteiger partial charge < -0.3 is 45.9 Å². The van der Waals surface area contributed by atoms with Crippen LogP contribution in [-0.4, -0.2) is 18.9 Å². The fraction of sp³-hybridized carbons (Fsp3) is 0.412. The summed E-state index contributed by atoms with van der Waals surface area (Å²) in [5.74, 6) is 0.366. The molecule has 0 unspecified atom stereocenters. The highest BCUT2D eigenvalue weighted by molar-refractivity contribution is 6.33. The number of carbonyl (C=O) groups is 2. The van der Waals surface area contributed by atoms with Crippen LogP contribution in [0, 0.1) is 50.2 Å². The van der Waals surface area contributed by atoms with E-state index in [9.17, 15) is 37.5 Å². The van der Waals surface area contributed by atoms with Crippen LogP contribution in [0.5, 0.6) is 5.75 Å². The molecule has 0 radical (unpaired) electrons. The van der Waals surface area contributed by atoms with Crippen molar-refractivity contribution in [3.05, 3.63) is 143 Å².